The molecular formula is C22H22N4O2S. The first kappa shape index (κ1) is 18.2. The van der Waals surface area contributed by atoms with Crippen molar-refractivity contribution in [3.8, 4) is 0 Å². The van der Waals surface area contributed by atoms with E-state index in [9.17, 15) is 4.79 Å². The maximum atomic E-state index is 12.1. The summed E-state index contributed by atoms with van der Waals surface area (Å²) in [7, 11) is 0. The zero-order valence-electron chi connectivity index (χ0n) is 16.0. The van der Waals surface area contributed by atoms with Gasteiger partial charge in [-0.25, -0.2) is 4.79 Å². The lowest BCUT2D eigenvalue weighted by molar-refractivity contribution is 0.503. The Hall–Kier alpha value is -2.80. The van der Waals surface area contributed by atoms with E-state index in [0.29, 0.717) is 18.0 Å². The molecule has 29 heavy (non-hydrogen) atoms. The number of aromatic nitrogens is 4. The second-order valence-electron chi connectivity index (χ2n) is 7.38. The minimum atomic E-state index is -0.292. The highest BCUT2D eigenvalue weighted by molar-refractivity contribution is 7.99. The molecule has 0 unspecified atom stereocenters. The molecule has 4 aromatic rings. The Balaban J connectivity index is 1.27. The fourth-order valence-corrected chi connectivity index (χ4v) is 4.45. The van der Waals surface area contributed by atoms with Gasteiger partial charge in [0.25, 0.3) is 0 Å². The number of rotatable bonds is 8. The SMILES string of the molecule is O=c1oc2ccccc2n1CCCSc1nnc(C2CC2)n1Cc1ccccc1. The van der Waals surface area contributed by atoms with Crippen molar-refractivity contribution in [2.45, 2.75) is 43.4 Å². The van der Waals surface area contributed by atoms with Gasteiger partial charge in [0.15, 0.2) is 10.7 Å². The third-order valence-corrected chi connectivity index (χ3v) is 6.26. The van der Waals surface area contributed by atoms with Gasteiger partial charge in [0.1, 0.15) is 5.82 Å². The van der Waals surface area contributed by atoms with Crippen LogP contribution in [-0.4, -0.2) is 25.1 Å². The number of para-hydroxylation sites is 2. The first-order valence-corrected chi connectivity index (χ1v) is 11.0. The van der Waals surface area contributed by atoms with Gasteiger partial charge in [0.2, 0.25) is 0 Å². The topological polar surface area (TPSA) is 65.8 Å². The van der Waals surface area contributed by atoms with Crippen molar-refractivity contribution < 1.29 is 4.42 Å². The minimum absolute atomic E-state index is 0.292. The average molecular weight is 407 g/mol. The first-order valence-electron chi connectivity index (χ1n) is 9.98. The maximum absolute atomic E-state index is 12.1. The van der Waals surface area contributed by atoms with Crippen LogP contribution in [0.3, 0.4) is 0 Å². The standard InChI is InChI=1S/C22H22N4O2S/c27-22-25(18-9-4-5-10-19(18)28-22)13-6-14-29-21-24-23-20(17-11-12-17)26(21)15-16-7-2-1-3-8-16/h1-5,7-10,17H,6,11-15H2. The van der Waals surface area contributed by atoms with Gasteiger partial charge in [-0.3, -0.25) is 4.57 Å². The summed E-state index contributed by atoms with van der Waals surface area (Å²) >= 11 is 1.71. The number of hydrogen-bond donors (Lipinski definition) is 0. The van der Waals surface area contributed by atoms with E-state index in [2.05, 4.69) is 39.0 Å². The molecule has 0 saturated heterocycles. The molecule has 5 rings (SSSR count). The Bertz CT molecular complexity index is 1170. The third kappa shape index (κ3) is 3.87. The van der Waals surface area contributed by atoms with Crippen LogP contribution in [0.25, 0.3) is 11.1 Å². The molecule has 0 bridgehead atoms. The van der Waals surface area contributed by atoms with Crippen LogP contribution in [0, 0.1) is 0 Å². The molecule has 0 aliphatic heterocycles. The van der Waals surface area contributed by atoms with Gasteiger partial charge in [-0.15, -0.1) is 10.2 Å². The van der Waals surface area contributed by atoms with Gasteiger partial charge in [-0.2, -0.15) is 0 Å². The van der Waals surface area contributed by atoms with Crippen molar-refractivity contribution in [2.75, 3.05) is 5.75 Å². The molecule has 7 heteroatoms. The van der Waals surface area contributed by atoms with Gasteiger partial charge in [0.05, 0.1) is 12.1 Å². The zero-order chi connectivity index (χ0) is 19.6. The summed E-state index contributed by atoms with van der Waals surface area (Å²) in [6.45, 7) is 1.43. The Labute approximate surface area is 172 Å². The predicted molar refractivity (Wildman–Crippen MR) is 113 cm³/mol. The van der Waals surface area contributed by atoms with Crippen LogP contribution in [0.15, 0.2) is 69.0 Å². The highest BCUT2D eigenvalue weighted by Gasteiger charge is 2.30. The normalized spacial score (nSPS) is 13.9. The van der Waals surface area contributed by atoms with Crippen LogP contribution in [0.5, 0.6) is 0 Å². The van der Waals surface area contributed by atoms with Crippen LogP contribution >= 0.6 is 11.8 Å². The summed E-state index contributed by atoms with van der Waals surface area (Å²) in [5.74, 6) is 2.23. The molecule has 6 nitrogen and oxygen atoms in total. The van der Waals surface area contributed by atoms with Crippen molar-refractivity contribution in [3.05, 3.63) is 76.5 Å². The minimum Gasteiger partial charge on any atom is -0.408 e. The Morgan fingerprint density at radius 1 is 1.00 bits per heavy atom. The quantitative estimate of drug-likeness (QED) is 0.322. The third-order valence-electron chi connectivity index (χ3n) is 5.20. The number of thioether (sulfide) groups is 1. The molecular weight excluding hydrogens is 384 g/mol. The summed E-state index contributed by atoms with van der Waals surface area (Å²) in [6, 6.07) is 18.0. The van der Waals surface area contributed by atoms with Gasteiger partial charge in [-0.1, -0.05) is 54.2 Å². The largest absolute Gasteiger partial charge is 0.419 e. The van der Waals surface area contributed by atoms with E-state index in [1.54, 1.807) is 16.3 Å². The molecule has 0 atom stereocenters. The smallest absolute Gasteiger partial charge is 0.408 e. The van der Waals surface area contributed by atoms with Gasteiger partial charge >= 0.3 is 5.76 Å². The number of nitrogens with zero attached hydrogens (tertiary/aromatic N) is 4. The fourth-order valence-electron chi connectivity index (χ4n) is 3.58. The Kier molecular flexibility index (Phi) is 4.97. The zero-order valence-corrected chi connectivity index (χ0v) is 16.8. The van der Waals surface area contributed by atoms with E-state index in [-0.39, 0.29) is 5.76 Å². The predicted octanol–water partition coefficient (Wildman–Crippen LogP) is 4.29. The molecule has 0 N–H and O–H groups in total. The highest BCUT2D eigenvalue weighted by Crippen LogP contribution is 2.40. The second-order valence-corrected chi connectivity index (χ2v) is 8.44. The summed E-state index contributed by atoms with van der Waals surface area (Å²) in [5.41, 5.74) is 2.75. The average Bonchev–Trinajstić information content (AvgIpc) is 3.44. The van der Waals surface area contributed by atoms with Crippen LogP contribution < -0.4 is 5.76 Å². The number of benzene rings is 2. The highest BCUT2D eigenvalue weighted by atomic mass is 32.2. The van der Waals surface area contributed by atoms with Crippen molar-refractivity contribution in [1.82, 2.24) is 19.3 Å². The lowest BCUT2D eigenvalue weighted by Gasteiger charge is -2.10. The molecule has 2 heterocycles. The maximum Gasteiger partial charge on any atom is 0.419 e. The molecule has 1 aliphatic rings. The van der Waals surface area contributed by atoms with Gasteiger partial charge < -0.3 is 8.98 Å². The van der Waals surface area contributed by atoms with Crippen molar-refractivity contribution in [1.29, 1.82) is 0 Å². The van der Waals surface area contributed by atoms with Gasteiger partial charge in [0, 0.05) is 18.2 Å². The monoisotopic (exact) mass is 406 g/mol. The summed E-state index contributed by atoms with van der Waals surface area (Å²) in [5, 5.41) is 9.90. The van der Waals surface area contributed by atoms with E-state index in [1.807, 2.05) is 30.3 Å². The molecule has 1 saturated carbocycles. The van der Waals surface area contributed by atoms with Crippen LogP contribution in [-0.2, 0) is 13.1 Å². The van der Waals surface area contributed by atoms with Crippen LogP contribution in [0.4, 0.5) is 0 Å². The Morgan fingerprint density at radius 3 is 2.62 bits per heavy atom. The Morgan fingerprint density at radius 2 is 1.79 bits per heavy atom. The van der Waals surface area contributed by atoms with Crippen molar-refractivity contribution in [3.63, 3.8) is 0 Å². The van der Waals surface area contributed by atoms with Gasteiger partial charge in [-0.05, 0) is 37.0 Å². The number of aryl methyl sites for hydroxylation is 1. The molecule has 1 aliphatic carbocycles. The number of oxazole rings is 1. The molecule has 148 valence electrons. The lowest BCUT2D eigenvalue weighted by atomic mass is 10.2. The summed E-state index contributed by atoms with van der Waals surface area (Å²) < 4.78 is 9.28. The van der Waals surface area contributed by atoms with Crippen molar-refractivity contribution in [2.24, 2.45) is 0 Å². The fraction of sp³-hybridized carbons (Fsp3) is 0.318. The lowest BCUT2D eigenvalue weighted by Crippen LogP contribution is -2.14. The second kappa shape index (κ2) is 7.91. The van der Waals surface area contributed by atoms with E-state index in [1.165, 1.54) is 18.4 Å². The molecule has 0 spiro atoms. The van der Waals surface area contributed by atoms with E-state index >= 15 is 0 Å². The van der Waals surface area contributed by atoms with E-state index in [0.717, 1.165) is 35.2 Å². The first-order chi connectivity index (χ1) is 14.3. The van der Waals surface area contributed by atoms with E-state index in [4.69, 9.17) is 4.42 Å². The molecule has 2 aromatic carbocycles. The van der Waals surface area contributed by atoms with Crippen molar-refractivity contribution >= 4 is 22.9 Å². The summed E-state index contributed by atoms with van der Waals surface area (Å²) in [4.78, 5) is 12.1. The van der Waals surface area contributed by atoms with Crippen LogP contribution in [0.2, 0.25) is 0 Å². The van der Waals surface area contributed by atoms with E-state index < -0.39 is 0 Å². The van der Waals surface area contributed by atoms with Crippen LogP contribution in [0.1, 0.15) is 36.6 Å². The molecule has 0 amide bonds. The number of hydrogen-bond acceptors (Lipinski definition) is 5. The molecule has 0 radical (unpaired) electrons. The molecule has 1 fully saturated rings. The summed E-state index contributed by atoms with van der Waals surface area (Å²) in [6.07, 6.45) is 3.26. The number of fused-ring (bicyclic) bond motifs is 1. The molecule has 2 aromatic heterocycles.